The molecule has 1 fully saturated rings. The standard InChI is InChI=1S/C22H25NO4/c1-13-8-14(2)11-23(10-13)12-18-19(24)7-6-17-21(25)20(27-22(17)18)9-16-5-4-15(3)26-16/h4-7,9,13-14,24H,8,10-12H2,1-3H3/b20-9-. The molecule has 2 aromatic rings. The van der Waals surface area contributed by atoms with Crippen molar-refractivity contribution in [2.75, 3.05) is 13.1 Å². The molecule has 0 bridgehead atoms. The number of hydrogen-bond donors (Lipinski definition) is 1. The van der Waals surface area contributed by atoms with Gasteiger partial charge < -0.3 is 19.2 Å². The largest absolute Gasteiger partial charge is 0.872 e. The normalized spacial score (nSPS) is 26.3. The third kappa shape index (κ3) is 3.52. The number of carbonyl (C=O) groups excluding carboxylic acids is 1. The van der Waals surface area contributed by atoms with E-state index in [1.165, 1.54) is 17.4 Å². The summed E-state index contributed by atoms with van der Waals surface area (Å²) in [4.78, 5) is 14.1. The van der Waals surface area contributed by atoms with E-state index in [0.29, 0.717) is 41.0 Å². The molecule has 0 saturated carbocycles. The van der Waals surface area contributed by atoms with Gasteiger partial charge in [0.15, 0.2) is 5.76 Å². The molecule has 2 aliphatic rings. The Morgan fingerprint density at radius 1 is 1.19 bits per heavy atom. The summed E-state index contributed by atoms with van der Waals surface area (Å²) in [5, 5.41) is 12.5. The molecule has 0 spiro atoms. The first-order valence-corrected chi connectivity index (χ1v) is 9.58. The van der Waals surface area contributed by atoms with Crippen LogP contribution in [0, 0.1) is 18.8 Å². The van der Waals surface area contributed by atoms with Crippen LogP contribution in [0.25, 0.3) is 6.08 Å². The third-order valence-corrected chi connectivity index (χ3v) is 5.44. The first-order chi connectivity index (χ1) is 12.9. The van der Waals surface area contributed by atoms with Crippen molar-refractivity contribution < 1.29 is 24.0 Å². The first kappa shape index (κ1) is 17.9. The predicted molar refractivity (Wildman–Crippen MR) is 99.6 cm³/mol. The Morgan fingerprint density at radius 2 is 1.93 bits per heavy atom. The van der Waals surface area contributed by atoms with E-state index in [1.54, 1.807) is 18.2 Å². The van der Waals surface area contributed by atoms with Gasteiger partial charge in [-0.1, -0.05) is 25.7 Å². The average molecular weight is 367 g/mol. The van der Waals surface area contributed by atoms with Gasteiger partial charge in [0.05, 0.1) is 18.7 Å². The zero-order chi connectivity index (χ0) is 19.1. The summed E-state index contributed by atoms with van der Waals surface area (Å²) in [5.74, 6) is 2.99. The quantitative estimate of drug-likeness (QED) is 0.846. The van der Waals surface area contributed by atoms with Gasteiger partial charge >= 0.3 is 0 Å². The molecule has 142 valence electrons. The van der Waals surface area contributed by atoms with E-state index in [9.17, 15) is 9.90 Å². The van der Waals surface area contributed by atoms with Crippen LogP contribution in [0.15, 0.2) is 34.4 Å². The molecule has 2 atom stereocenters. The molecule has 2 unspecified atom stereocenters. The summed E-state index contributed by atoms with van der Waals surface area (Å²) in [7, 11) is 0. The lowest BCUT2D eigenvalue weighted by molar-refractivity contribution is -0.925. The van der Waals surface area contributed by atoms with Crippen LogP contribution < -0.4 is 14.7 Å². The molecular weight excluding hydrogens is 342 g/mol. The number of hydrogen-bond acceptors (Lipinski definition) is 4. The van der Waals surface area contributed by atoms with Crippen LogP contribution >= 0.6 is 0 Å². The van der Waals surface area contributed by atoms with Crippen molar-refractivity contribution in [3.8, 4) is 11.5 Å². The summed E-state index contributed by atoms with van der Waals surface area (Å²) >= 11 is 0. The molecule has 5 nitrogen and oxygen atoms in total. The maximum absolute atomic E-state index is 12.7. The van der Waals surface area contributed by atoms with Crippen molar-refractivity contribution in [3.05, 3.63) is 52.7 Å². The number of allylic oxidation sites excluding steroid dienone is 1. The lowest BCUT2D eigenvalue weighted by Crippen LogP contribution is -3.13. The van der Waals surface area contributed by atoms with Crippen LogP contribution in [0.5, 0.6) is 11.5 Å². The third-order valence-electron chi connectivity index (χ3n) is 5.44. The number of nitrogens with one attached hydrogen (secondary N) is 1. The van der Waals surface area contributed by atoms with Gasteiger partial charge in [0.1, 0.15) is 23.8 Å². The number of furan rings is 1. The van der Waals surface area contributed by atoms with Gasteiger partial charge in [0.25, 0.3) is 0 Å². The van der Waals surface area contributed by atoms with Crippen molar-refractivity contribution in [1.29, 1.82) is 0 Å². The predicted octanol–water partition coefficient (Wildman–Crippen LogP) is 2.34. The van der Waals surface area contributed by atoms with E-state index in [1.807, 2.05) is 13.0 Å². The van der Waals surface area contributed by atoms with Crippen LogP contribution in [0.4, 0.5) is 0 Å². The maximum Gasteiger partial charge on any atom is 0.232 e. The second-order valence-corrected chi connectivity index (χ2v) is 8.09. The number of rotatable bonds is 3. The Hall–Kier alpha value is -2.53. The van der Waals surface area contributed by atoms with Gasteiger partial charge in [0, 0.05) is 23.5 Å². The highest BCUT2D eigenvalue weighted by Crippen LogP contribution is 2.38. The number of benzene rings is 1. The Bertz CT molecular complexity index is 901. The minimum Gasteiger partial charge on any atom is -0.872 e. The number of carbonyl (C=O) groups is 1. The molecule has 1 N–H and O–H groups in total. The molecule has 3 heterocycles. The van der Waals surface area contributed by atoms with Gasteiger partial charge in [-0.15, -0.1) is 0 Å². The fourth-order valence-electron chi connectivity index (χ4n) is 4.43. The Labute approximate surface area is 159 Å². The van der Waals surface area contributed by atoms with Crippen molar-refractivity contribution in [3.63, 3.8) is 0 Å². The number of aryl methyl sites for hydroxylation is 1. The van der Waals surface area contributed by atoms with Gasteiger partial charge in [-0.2, -0.15) is 0 Å². The van der Waals surface area contributed by atoms with E-state index in [-0.39, 0.29) is 17.3 Å². The lowest BCUT2D eigenvalue weighted by atomic mass is 9.91. The van der Waals surface area contributed by atoms with E-state index in [4.69, 9.17) is 9.15 Å². The van der Waals surface area contributed by atoms with Gasteiger partial charge in [-0.25, -0.2) is 0 Å². The van der Waals surface area contributed by atoms with E-state index in [0.717, 1.165) is 18.8 Å². The van der Waals surface area contributed by atoms with E-state index >= 15 is 0 Å². The molecule has 2 aliphatic heterocycles. The highest BCUT2D eigenvalue weighted by atomic mass is 16.5. The summed E-state index contributed by atoms with van der Waals surface area (Å²) < 4.78 is 11.4. The molecular formula is C22H25NO4. The number of ketones is 1. The van der Waals surface area contributed by atoms with Crippen LogP contribution in [0.2, 0.25) is 0 Å². The molecule has 0 amide bonds. The number of likely N-dealkylation sites (tertiary alicyclic amines) is 1. The molecule has 1 saturated heterocycles. The Morgan fingerprint density at radius 3 is 2.59 bits per heavy atom. The van der Waals surface area contributed by atoms with Crippen LogP contribution in [0.1, 0.15) is 47.7 Å². The summed E-state index contributed by atoms with van der Waals surface area (Å²) in [6.07, 6.45) is 2.83. The molecule has 0 radical (unpaired) electrons. The zero-order valence-electron chi connectivity index (χ0n) is 16.0. The Balaban J connectivity index is 1.63. The van der Waals surface area contributed by atoms with Crippen LogP contribution in [-0.4, -0.2) is 18.9 Å². The minimum atomic E-state index is -0.198. The molecule has 1 aromatic heterocycles. The van der Waals surface area contributed by atoms with E-state index < -0.39 is 0 Å². The number of quaternary nitrogens is 1. The van der Waals surface area contributed by atoms with Crippen LogP contribution in [0.3, 0.4) is 0 Å². The summed E-state index contributed by atoms with van der Waals surface area (Å²) in [6, 6.07) is 6.70. The second kappa shape index (κ2) is 6.89. The number of ether oxygens (including phenoxy) is 1. The first-order valence-electron chi connectivity index (χ1n) is 9.58. The SMILES string of the molecule is Cc1ccc(/C=C2\Oc3c(ccc([O-])c3C[NH+]3CC(C)CC(C)C3)C2=O)o1. The molecule has 5 heteroatoms. The van der Waals surface area contributed by atoms with Gasteiger partial charge in [-0.05, 0) is 31.5 Å². The molecule has 27 heavy (non-hydrogen) atoms. The number of Topliss-reactive ketones (excluding diaryl/α,β-unsaturated/α-hetero) is 1. The number of piperidine rings is 1. The van der Waals surface area contributed by atoms with E-state index in [2.05, 4.69) is 13.8 Å². The highest BCUT2D eigenvalue weighted by Gasteiger charge is 2.32. The average Bonchev–Trinajstić information content (AvgIpc) is 3.14. The maximum atomic E-state index is 12.7. The molecule has 0 aliphatic carbocycles. The van der Waals surface area contributed by atoms with Crippen molar-refractivity contribution in [2.45, 2.75) is 33.7 Å². The minimum absolute atomic E-state index is 0.0602. The second-order valence-electron chi connectivity index (χ2n) is 8.09. The summed E-state index contributed by atoms with van der Waals surface area (Å²) in [5.41, 5.74) is 1.08. The van der Waals surface area contributed by atoms with Crippen molar-refractivity contribution >= 4 is 11.9 Å². The zero-order valence-corrected chi connectivity index (χ0v) is 16.0. The monoisotopic (exact) mass is 367 g/mol. The van der Waals surface area contributed by atoms with Crippen molar-refractivity contribution in [2.24, 2.45) is 11.8 Å². The van der Waals surface area contributed by atoms with Crippen molar-refractivity contribution in [1.82, 2.24) is 0 Å². The van der Waals surface area contributed by atoms with Gasteiger partial charge in [-0.3, -0.25) is 4.79 Å². The van der Waals surface area contributed by atoms with Crippen LogP contribution in [-0.2, 0) is 6.54 Å². The topological polar surface area (TPSA) is 66.9 Å². The van der Waals surface area contributed by atoms with Gasteiger partial charge in [0.2, 0.25) is 5.78 Å². The number of fused-ring (bicyclic) bond motifs is 1. The molecule has 1 aromatic carbocycles. The smallest absolute Gasteiger partial charge is 0.232 e. The lowest BCUT2D eigenvalue weighted by Gasteiger charge is -2.33. The Kier molecular flexibility index (Phi) is 4.56. The fraction of sp³-hybridized carbons (Fsp3) is 0.409. The summed E-state index contributed by atoms with van der Waals surface area (Å²) in [6.45, 7) is 9.03. The molecule has 4 rings (SSSR count). The highest BCUT2D eigenvalue weighted by molar-refractivity contribution is 6.14. The fourth-order valence-corrected chi connectivity index (χ4v) is 4.43.